The predicted molar refractivity (Wildman–Crippen MR) is 102 cm³/mol. The summed E-state index contributed by atoms with van der Waals surface area (Å²) in [7, 11) is 0. The van der Waals surface area contributed by atoms with E-state index >= 15 is 0 Å². The van der Waals surface area contributed by atoms with Gasteiger partial charge in [-0.05, 0) is 46.1 Å². The van der Waals surface area contributed by atoms with Gasteiger partial charge in [0.1, 0.15) is 0 Å². The van der Waals surface area contributed by atoms with Crippen molar-refractivity contribution in [3.8, 4) is 11.8 Å². The first-order valence-corrected chi connectivity index (χ1v) is 9.49. The summed E-state index contributed by atoms with van der Waals surface area (Å²) in [5.74, 6) is 6.84. The molecule has 132 valence electrons. The first kappa shape index (κ1) is 19.0. The molecule has 1 atom stereocenters. The number of benzene rings is 1. The van der Waals surface area contributed by atoms with Crippen molar-refractivity contribution in [2.75, 3.05) is 6.54 Å². The second-order valence-electron chi connectivity index (χ2n) is 7.63. The van der Waals surface area contributed by atoms with Gasteiger partial charge in [-0.3, -0.25) is 4.90 Å². The van der Waals surface area contributed by atoms with Crippen LogP contribution in [0.1, 0.15) is 65.4 Å². The summed E-state index contributed by atoms with van der Waals surface area (Å²) in [5, 5.41) is 11.5. The van der Waals surface area contributed by atoms with Crippen LogP contribution in [0, 0.1) is 17.8 Å². The minimum atomic E-state index is -1.01. The zero-order chi connectivity index (χ0) is 17.6. The van der Waals surface area contributed by atoms with Gasteiger partial charge in [-0.1, -0.05) is 61.4 Å². The van der Waals surface area contributed by atoms with Crippen LogP contribution < -0.4 is 0 Å². The molecule has 24 heavy (non-hydrogen) atoms. The number of nitrogens with zero attached hydrogens (tertiary/aromatic N) is 1. The molecular weight excluding hydrogens is 294 g/mol. The van der Waals surface area contributed by atoms with Crippen LogP contribution >= 0.6 is 0 Å². The quantitative estimate of drug-likeness (QED) is 0.800. The average molecular weight is 328 g/mol. The average Bonchev–Trinajstić information content (AvgIpc) is 2.59. The van der Waals surface area contributed by atoms with Gasteiger partial charge >= 0.3 is 0 Å². The third kappa shape index (κ3) is 4.62. The highest BCUT2D eigenvalue weighted by Gasteiger charge is 2.37. The van der Waals surface area contributed by atoms with Gasteiger partial charge in [-0.25, -0.2) is 0 Å². The fraction of sp³-hybridized carbons (Fsp3) is 0.636. The summed E-state index contributed by atoms with van der Waals surface area (Å²) in [6, 6.07) is 11.0. The van der Waals surface area contributed by atoms with Crippen LogP contribution in [-0.4, -0.2) is 28.6 Å². The number of hydrogen-bond acceptors (Lipinski definition) is 2. The molecule has 0 saturated heterocycles. The Balaban J connectivity index is 2.26. The zero-order valence-electron chi connectivity index (χ0n) is 15.8. The maximum atomic E-state index is 11.5. The highest BCUT2D eigenvalue weighted by Crippen LogP contribution is 2.39. The van der Waals surface area contributed by atoms with Crippen molar-refractivity contribution in [1.29, 1.82) is 0 Å². The van der Waals surface area contributed by atoms with E-state index in [1.807, 2.05) is 30.3 Å². The molecule has 2 rings (SSSR count). The molecule has 2 heteroatoms. The molecule has 0 unspecified atom stereocenters. The Morgan fingerprint density at radius 2 is 1.62 bits per heavy atom. The first-order chi connectivity index (χ1) is 11.4. The predicted octanol–water partition coefficient (Wildman–Crippen LogP) is 4.58. The summed E-state index contributed by atoms with van der Waals surface area (Å²) < 4.78 is 0. The van der Waals surface area contributed by atoms with Crippen molar-refractivity contribution in [2.45, 2.75) is 77.5 Å². The summed E-state index contributed by atoms with van der Waals surface area (Å²) in [6.45, 7) is 9.51. The molecule has 0 heterocycles. The summed E-state index contributed by atoms with van der Waals surface area (Å²) in [6.07, 6.45) is 5.82. The van der Waals surface area contributed by atoms with Crippen LogP contribution in [0.3, 0.4) is 0 Å². The third-order valence-electron chi connectivity index (χ3n) is 5.28. The lowest BCUT2D eigenvalue weighted by atomic mass is 9.73. The van der Waals surface area contributed by atoms with Crippen molar-refractivity contribution in [3.63, 3.8) is 0 Å². The fourth-order valence-corrected chi connectivity index (χ4v) is 3.85. The lowest BCUT2D eigenvalue weighted by molar-refractivity contribution is 0.0158. The van der Waals surface area contributed by atoms with E-state index < -0.39 is 5.60 Å². The molecule has 1 aliphatic carbocycles. The molecule has 0 aliphatic heterocycles. The van der Waals surface area contributed by atoms with Crippen molar-refractivity contribution >= 4 is 0 Å². The Hall–Kier alpha value is -1.30. The molecule has 0 amide bonds. The second kappa shape index (κ2) is 8.70. The summed E-state index contributed by atoms with van der Waals surface area (Å²) in [4.78, 5) is 2.36. The van der Waals surface area contributed by atoms with Crippen LogP contribution in [0.4, 0.5) is 0 Å². The molecule has 1 aromatic carbocycles. The van der Waals surface area contributed by atoms with E-state index in [1.165, 1.54) is 19.3 Å². The number of aliphatic hydroxyl groups is 1. The molecule has 0 bridgehead atoms. The largest absolute Gasteiger partial charge is 0.373 e. The molecular formula is C22H33NO. The van der Waals surface area contributed by atoms with E-state index in [4.69, 9.17) is 0 Å². The Morgan fingerprint density at radius 3 is 2.17 bits per heavy atom. The van der Waals surface area contributed by atoms with Gasteiger partial charge in [-0.15, -0.1) is 0 Å². The van der Waals surface area contributed by atoms with Crippen LogP contribution in [0.15, 0.2) is 30.3 Å². The van der Waals surface area contributed by atoms with E-state index in [0.29, 0.717) is 18.6 Å². The van der Waals surface area contributed by atoms with E-state index in [1.54, 1.807) is 0 Å². The molecule has 1 saturated carbocycles. The molecule has 1 aromatic rings. The highest BCUT2D eigenvalue weighted by atomic mass is 16.3. The van der Waals surface area contributed by atoms with Crippen LogP contribution in [0.5, 0.6) is 0 Å². The summed E-state index contributed by atoms with van der Waals surface area (Å²) in [5.41, 5.74) is -0.0635. The maximum Gasteiger partial charge on any atom is 0.153 e. The highest BCUT2D eigenvalue weighted by molar-refractivity contribution is 5.33. The standard InChI is InChI=1S/C22H33NO/c1-18(2)23(19(3)4)17-11-16-22(24,20-12-7-5-8-13-20)21-14-9-6-10-15-21/h5,7-8,12-13,18-19,21,24H,6,9-10,14-15,17H2,1-4H3/t22-/m1/s1. The van der Waals surface area contributed by atoms with Crippen LogP contribution in [0.25, 0.3) is 0 Å². The first-order valence-electron chi connectivity index (χ1n) is 9.49. The normalized spacial score (nSPS) is 18.5. The molecule has 0 aromatic heterocycles. The minimum Gasteiger partial charge on any atom is -0.373 e. The molecule has 1 N–H and O–H groups in total. The number of rotatable bonds is 5. The van der Waals surface area contributed by atoms with Crippen molar-refractivity contribution in [3.05, 3.63) is 35.9 Å². The van der Waals surface area contributed by atoms with Gasteiger partial charge in [0.05, 0.1) is 6.54 Å². The lowest BCUT2D eigenvalue weighted by Gasteiger charge is -2.35. The van der Waals surface area contributed by atoms with Crippen molar-refractivity contribution in [1.82, 2.24) is 4.90 Å². The van der Waals surface area contributed by atoms with Gasteiger partial charge in [0.25, 0.3) is 0 Å². The fourth-order valence-electron chi connectivity index (χ4n) is 3.85. The number of hydrogen-bond donors (Lipinski definition) is 1. The van der Waals surface area contributed by atoms with Crippen molar-refractivity contribution < 1.29 is 5.11 Å². The molecule has 1 fully saturated rings. The van der Waals surface area contributed by atoms with E-state index in [-0.39, 0.29) is 5.92 Å². The van der Waals surface area contributed by atoms with Gasteiger partial charge in [0, 0.05) is 18.0 Å². The molecule has 2 nitrogen and oxygen atoms in total. The monoisotopic (exact) mass is 327 g/mol. The Morgan fingerprint density at radius 1 is 1.04 bits per heavy atom. The molecule has 0 radical (unpaired) electrons. The molecule has 1 aliphatic rings. The smallest absolute Gasteiger partial charge is 0.153 e. The Bertz CT molecular complexity index is 540. The summed E-state index contributed by atoms with van der Waals surface area (Å²) >= 11 is 0. The second-order valence-corrected chi connectivity index (χ2v) is 7.63. The van der Waals surface area contributed by atoms with Crippen molar-refractivity contribution in [2.24, 2.45) is 5.92 Å². The van der Waals surface area contributed by atoms with Gasteiger partial charge in [-0.2, -0.15) is 0 Å². The van der Waals surface area contributed by atoms with E-state index in [2.05, 4.69) is 44.4 Å². The zero-order valence-corrected chi connectivity index (χ0v) is 15.8. The lowest BCUT2D eigenvalue weighted by Crippen LogP contribution is -2.38. The van der Waals surface area contributed by atoms with E-state index in [9.17, 15) is 5.11 Å². The maximum absolute atomic E-state index is 11.5. The van der Waals surface area contributed by atoms with Gasteiger partial charge in [0.15, 0.2) is 5.60 Å². The Kier molecular flexibility index (Phi) is 6.90. The topological polar surface area (TPSA) is 23.5 Å². The third-order valence-corrected chi connectivity index (χ3v) is 5.28. The minimum absolute atomic E-state index is 0.243. The van der Waals surface area contributed by atoms with Gasteiger partial charge < -0.3 is 5.11 Å². The van der Waals surface area contributed by atoms with Crippen LogP contribution in [0.2, 0.25) is 0 Å². The van der Waals surface area contributed by atoms with E-state index in [0.717, 1.165) is 18.4 Å². The van der Waals surface area contributed by atoms with Crippen LogP contribution in [-0.2, 0) is 5.60 Å². The van der Waals surface area contributed by atoms with Gasteiger partial charge in [0.2, 0.25) is 0 Å². The Labute approximate surface area is 148 Å². The SMILES string of the molecule is CC(C)N(CC#C[C@@](O)(c1ccccc1)C1CCCCC1)C(C)C. The molecule has 0 spiro atoms.